The second-order valence-electron chi connectivity index (χ2n) is 6.77. The molecule has 1 saturated heterocycles. The Labute approximate surface area is 151 Å². The zero-order chi connectivity index (χ0) is 18.6. The maximum Gasteiger partial charge on any atom is 0.251 e. The Morgan fingerprint density at radius 3 is 2.52 bits per heavy atom. The zero-order valence-electron chi connectivity index (χ0n) is 15.5. The number of benzene rings is 1. The monoisotopic (exact) mass is 367 g/mol. The van der Waals surface area contributed by atoms with Crippen molar-refractivity contribution in [2.24, 2.45) is 0 Å². The SMILES string of the molecule is CCN1CCCC1CNC(=O)c1ccc(S(=O)(=O)N(C)C(C)C)cc1. The summed E-state index contributed by atoms with van der Waals surface area (Å²) in [7, 11) is -1.96. The van der Waals surface area contributed by atoms with Gasteiger partial charge in [-0.05, 0) is 64.0 Å². The summed E-state index contributed by atoms with van der Waals surface area (Å²) in [6.07, 6.45) is 2.27. The van der Waals surface area contributed by atoms with Crippen molar-refractivity contribution in [3.05, 3.63) is 29.8 Å². The first-order chi connectivity index (χ1) is 11.8. The van der Waals surface area contributed by atoms with E-state index in [0.717, 1.165) is 19.5 Å². The van der Waals surface area contributed by atoms with E-state index in [-0.39, 0.29) is 16.8 Å². The minimum absolute atomic E-state index is 0.124. The number of nitrogens with one attached hydrogen (secondary N) is 1. The topological polar surface area (TPSA) is 69.7 Å². The predicted octanol–water partition coefficient (Wildman–Crippen LogP) is 1.93. The van der Waals surface area contributed by atoms with E-state index >= 15 is 0 Å². The largest absolute Gasteiger partial charge is 0.350 e. The van der Waals surface area contributed by atoms with Crippen molar-refractivity contribution >= 4 is 15.9 Å². The van der Waals surface area contributed by atoms with E-state index in [9.17, 15) is 13.2 Å². The number of hydrogen-bond donors (Lipinski definition) is 1. The van der Waals surface area contributed by atoms with Crippen molar-refractivity contribution in [2.45, 2.75) is 50.6 Å². The molecular formula is C18H29N3O3S. The molecule has 0 spiro atoms. The number of rotatable bonds is 7. The highest BCUT2D eigenvalue weighted by Crippen LogP contribution is 2.18. The molecule has 1 aliphatic rings. The van der Waals surface area contributed by atoms with Crippen LogP contribution in [-0.4, -0.2) is 62.3 Å². The fraction of sp³-hybridized carbons (Fsp3) is 0.611. The van der Waals surface area contributed by atoms with Crippen molar-refractivity contribution in [3.8, 4) is 0 Å². The fourth-order valence-corrected chi connectivity index (χ4v) is 4.44. The fourth-order valence-electron chi connectivity index (χ4n) is 3.08. The molecule has 0 aliphatic carbocycles. The molecule has 7 heteroatoms. The molecule has 0 bridgehead atoms. The average molecular weight is 368 g/mol. The summed E-state index contributed by atoms with van der Waals surface area (Å²) in [6, 6.07) is 6.41. The van der Waals surface area contributed by atoms with Crippen molar-refractivity contribution in [1.82, 2.24) is 14.5 Å². The third kappa shape index (κ3) is 4.59. The van der Waals surface area contributed by atoms with Gasteiger partial charge in [-0.25, -0.2) is 8.42 Å². The Kier molecular flexibility index (Phi) is 6.59. The highest BCUT2D eigenvalue weighted by atomic mass is 32.2. The van der Waals surface area contributed by atoms with Crippen LogP contribution in [0.4, 0.5) is 0 Å². The Balaban J connectivity index is 2.01. The Morgan fingerprint density at radius 2 is 1.96 bits per heavy atom. The molecule has 2 rings (SSSR count). The van der Waals surface area contributed by atoms with E-state index < -0.39 is 10.0 Å². The molecule has 6 nitrogen and oxygen atoms in total. The first kappa shape index (κ1) is 19.9. The lowest BCUT2D eigenvalue weighted by Gasteiger charge is -2.23. The van der Waals surface area contributed by atoms with Gasteiger partial charge in [-0.2, -0.15) is 4.31 Å². The average Bonchev–Trinajstić information content (AvgIpc) is 3.06. The van der Waals surface area contributed by atoms with Gasteiger partial charge in [-0.3, -0.25) is 9.69 Å². The normalized spacial score (nSPS) is 18.9. The van der Waals surface area contributed by atoms with Crippen LogP contribution in [0.5, 0.6) is 0 Å². The molecule has 1 aliphatic heterocycles. The van der Waals surface area contributed by atoms with Crippen LogP contribution in [0.2, 0.25) is 0 Å². The number of sulfonamides is 1. The van der Waals surface area contributed by atoms with Gasteiger partial charge in [0.1, 0.15) is 0 Å². The van der Waals surface area contributed by atoms with Gasteiger partial charge in [-0.1, -0.05) is 6.92 Å². The van der Waals surface area contributed by atoms with Crippen LogP contribution >= 0.6 is 0 Å². The third-order valence-electron chi connectivity index (χ3n) is 4.92. The molecule has 0 aromatic heterocycles. The Morgan fingerprint density at radius 1 is 1.32 bits per heavy atom. The predicted molar refractivity (Wildman–Crippen MR) is 99.1 cm³/mol. The summed E-state index contributed by atoms with van der Waals surface area (Å²) in [4.78, 5) is 14.9. The molecule has 1 heterocycles. The third-order valence-corrected chi connectivity index (χ3v) is 6.97. The molecule has 25 heavy (non-hydrogen) atoms. The summed E-state index contributed by atoms with van der Waals surface area (Å²) >= 11 is 0. The second-order valence-corrected chi connectivity index (χ2v) is 8.77. The van der Waals surface area contributed by atoms with Crippen LogP contribution in [0, 0.1) is 0 Å². The van der Waals surface area contributed by atoms with Gasteiger partial charge in [-0.15, -0.1) is 0 Å². The lowest BCUT2D eigenvalue weighted by molar-refractivity contribution is 0.0941. The van der Waals surface area contributed by atoms with E-state index in [1.165, 1.54) is 22.9 Å². The van der Waals surface area contributed by atoms with Gasteiger partial charge in [0.2, 0.25) is 10.0 Å². The molecule has 1 fully saturated rings. The minimum atomic E-state index is -3.52. The van der Waals surface area contributed by atoms with Crippen LogP contribution in [0.1, 0.15) is 44.0 Å². The van der Waals surface area contributed by atoms with Gasteiger partial charge in [0, 0.05) is 31.2 Å². The molecular weight excluding hydrogens is 338 g/mol. The molecule has 1 amide bonds. The van der Waals surface area contributed by atoms with Gasteiger partial charge in [0.05, 0.1) is 4.90 Å². The number of carbonyl (C=O) groups is 1. The van der Waals surface area contributed by atoms with Crippen molar-refractivity contribution in [3.63, 3.8) is 0 Å². The molecule has 0 radical (unpaired) electrons. The number of carbonyl (C=O) groups excluding carboxylic acids is 1. The van der Waals surface area contributed by atoms with E-state index in [0.29, 0.717) is 18.2 Å². The summed E-state index contributed by atoms with van der Waals surface area (Å²) in [5.41, 5.74) is 0.479. The molecule has 1 aromatic rings. The first-order valence-electron chi connectivity index (χ1n) is 8.87. The molecule has 0 saturated carbocycles. The quantitative estimate of drug-likeness (QED) is 0.799. The highest BCUT2D eigenvalue weighted by Gasteiger charge is 2.24. The smallest absolute Gasteiger partial charge is 0.251 e. The lowest BCUT2D eigenvalue weighted by atomic mass is 10.2. The number of amides is 1. The molecule has 140 valence electrons. The highest BCUT2D eigenvalue weighted by molar-refractivity contribution is 7.89. The van der Waals surface area contributed by atoms with Crippen LogP contribution in [0.15, 0.2) is 29.2 Å². The summed E-state index contributed by atoms with van der Waals surface area (Å²) < 4.78 is 26.2. The van der Waals surface area contributed by atoms with E-state index in [1.54, 1.807) is 19.2 Å². The Hall–Kier alpha value is -1.44. The summed E-state index contributed by atoms with van der Waals surface area (Å²) in [5, 5.41) is 2.96. The number of likely N-dealkylation sites (tertiary alicyclic amines) is 1. The molecule has 1 N–H and O–H groups in total. The first-order valence-corrected chi connectivity index (χ1v) is 10.3. The van der Waals surface area contributed by atoms with Gasteiger partial charge < -0.3 is 5.32 Å². The van der Waals surface area contributed by atoms with Crippen molar-refractivity contribution in [2.75, 3.05) is 26.7 Å². The summed E-state index contributed by atoms with van der Waals surface area (Å²) in [5.74, 6) is -0.163. The van der Waals surface area contributed by atoms with Crippen LogP contribution in [-0.2, 0) is 10.0 Å². The number of likely N-dealkylation sites (N-methyl/N-ethyl adjacent to an activating group) is 1. The number of nitrogens with zero attached hydrogens (tertiary/aromatic N) is 2. The standard InChI is InChI=1S/C18H29N3O3S/c1-5-21-12-6-7-16(21)13-19-18(22)15-8-10-17(11-9-15)25(23,24)20(4)14(2)3/h8-11,14,16H,5-7,12-13H2,1-4H3,(H,19,22). The second kappa shape index (κ2) is 8.29. The van der Waals surface area contributed by atoms with E-state index in [2.05, 4.69) is 17.1 Å². The van der Waals surface area contributed by atoms with Gasteiger partial charge in [0.25, 0.3) is 5.91 Å². The van der Waals surface area contributed by atoms with Gasteiger partial charge in [0.15, 0.2) is 0 Å². The molecule has 1 unspecified atom stereocenters. The molecule has 1 aromatic carbocycles. The van der Waals surface area contributed by atoms with Crippen molar-refractivity contribution < 1.29 is 13.2 Å². The van der Waals surface area contributed by atoms with Crippen LogP contribution in [0.25, 0.3) is 0 Å². The maximum absolute atomic E-state index is 12.4. The lowest BCUT2D eigenvalue weighted by Crippen LogP contribution is -2.40. The summed E-state index contributed by atoms with van der Waals surface area (Å²) in [6.45, 7) is 8.49. The number of hydrogen-bond acceptors (Lipinski definition) is 4. The van der Waals surface area contributed by atoms with Crippen molar-refractivity contribution in [1.29, 1.82) is 0 Å². The Bertz CT molecular complexity index is 686. The minimum Gasteiger partial charge on any atom is -0.350 e. The van der Waals surface area contributed by atoms with E-state index in [1.807, 2.05) is 13.8 Å². The van der Waals surface area contributed by atoms with Crippen LogP contribution in [0.3, 0.4) is 0 Å². The molecule has 1 atom stereocenters. The van der Waals surface area contributed by atoms with Crippen LogP contribution < -0.4 is 5.32 Å². The van der Waals surface area contributed by atoms with E-state index in [4.69, 9.17) is 0 Å². The van der Waals surface area contributed by atoms with Gasteiger partial charge >= 0.3 is 0 Å². The zero-order valence-corrected chi connectivity index (χ0v) is 16.3. The maximum atomic E-state index is 12.4.